The topological polar surface area (TPSA) is 84.7 Å². The molecule has 1 fully saturated rings. The smallest absolute Gasteiger partial charge is 0.271 e. The van der Waals surface area contributed by atoms with Gasteiger partial charge < -0.3 is 16.4 Å². The predicted octanol–water partition coefficient (Wildman–Crippen LogP) is 1.98. The predicted molar refractivity (Wildman–Crippen MR) is 83.0 cm³/mol. The maximum absolute atomic E-state index is 12.0. The van der Waals surface area contributed by atoms with E-state index < -0.39 is 0 Å². The highest BCUT2D eigenvalue weighted by molar-refractivity contribution is 9.11. The number of rotatable bonds is 2. The molecule has 1 unspecified atom stereocenters. The Morgan fingerprint density at radius 2 is 1.89 bits per heavy atom. The van der Waals surface area contributed by atoms with Gasteiger partial charge in [-0.05, 0) is 31.0 Å². The Labute approximate surface area is 128 Å². The Morgan fingerprint density at radius 1 is 1.26 bits per heavy atom. The van der Waals surface area contributed by atoms with Gasteiger partial charge in [-0.25, -0.2) is 0 Å². The normalized spacial score (nSPS) is 18.4. The standard InChI is InChI=1S/C12H14Br2N4O/c13-7-4-8(14)6-9(5-7)18-3-1-2-10(18)11(19)17-12(15)16/h4-6,10H,1-3H2,(H4,15,16,17,19). The molecule has 1 amide bonds. The van der Waals surface area contributed by atoms with Gasteiger partial charge in [0.1, 0.15) is 6.04 Å². The molecule has 1 heterocycles. The summed E-state index contributed by atoms with van der Waals surface area (Å²) >= 11 is 6.90. The van der Waals surface area contributed by atoms with Gasteiger partial charge in [0.05, 0.1) is 0 Å². The molecule has 1 atom stereocenters. The van der Waals surface area contributed by atoms with Crippen LogP contribution >= 0.6 is 31.9 Å². The van der Waals surface area contributed by atoms with Crippen LogP contribution in [0.25, 0.3) is 0 Å². The van der Waals surface area contributed by atoms with Crippen molar-refractivity contribution in [3.63, 3.8) is 0 Å². The number of guanidine groups is 1. The number of anilines is 1. The lowest BCUT2D eigenvalue weighted by molar-refractivity contribution is -0.118. The number of carbonyl (C=O) groups excluding carboxylic acids is 1. The van der Waals surface area contributed by atoms with Gasteiger partial charge in [-0.15, -0.1) is 0 Å². The van der Waals surface area contributed by atoms with Crippen LogP contribution in [0.2, 0.25) is 0 Å². The quantitative estimate of drug-likeness (QED) is 0.598. The Morgan fingerprint density at radius 3 is 2.47 bits per heavy atom. The molecule has 2 rings (SSSR count). The molecule has 102 valence electrons. The van der Waals surface area contributed by atoms with Crippen molar-refractivity contribution < 1.29 is 4.79 Å². The van der Waals surface area contributed by atoms with Crippen LogP contribution in [-0.4, -0.2) is 24.5 Å². The molecule has 19 heavy (non-hydrogen) atoms. The van der Waals surface area contributed by atoms with E-state index in [-0.39, 0.29) is 17.9 Å². The summed E-state index contributed by atoms with van der Waals surface area (Å²) in [5.74, 6) is -0.471. The van der Waals surface area contributed by atoms with Crippen molar-refractivity contribution in [3.8, 4) is 0 Å². The first kappa shape index (κ1) is 14.3. The van der Waals surface area contributed by atoms with E-state index in [0.717, 1.165) is 34.0 Å². The maximum Gasteiger partial charge on any atom is 0.271 e. The fourth-order valence-corrected chi connectivity index (χ4v) is 3.51. The third-order valence-electron chi connectivity index (χ3n) is 2.96. The van der Waals surface area contributed by atoms with Crippen molar-refractivity contribution in [3.05, 3.63) is 27.1 Å². The summed E-state index contributed by atoms with van der Waals surface area (Å²) in [6.07, 6.45) is 1.71. The van der Waals surface area contributed by atoms with E-state index in [1.165, 1.54) is 0 Å². The zero-order valence-electron chi connectivity index (χ0n) is 10.1. The van der Waals surface area contributed by atoms with Crippen molar-refractivity contribution in [1.82, 2.24) is 0 Å². The number of nitrogens with two attached hydrogens (primary N) is 2. The molecule has 1 aliphatic heterocycles. The molecule has 0 aliphatic carbocycles. The highest BCUT2D eigenvalue weighted by atomic mass is 79.9. The second kappa shape index (κ2) is 5.92. The van der Waals surface area contributed by atoms with Crippen molar-refractivity contribution in [2.45, 2.75) is 18.9 Å². The number of hydrogen-bond acceptors (Lipinski definition) is 2. The van der Waals surface area contributed by atoms with Gasteiger partial charge in [0.15, 0.2) is 5.96 Å². The Bertz CT molecular complexity index is 508. The van der Waals surface area contributed by atoms with Gasteiger partial charge in [-0.3, -0.25) is 4.79 Å². The summed E-state index contributed by atoms with van der Waals surface area (Å²) in [5, 5.41) is 0. The molecule has 0 saturated carbocycles. The molecule has 1 saturated heterocycles. The summed E-state index contributed by atoms with van der Waals surface area (Å²) in [6.45, 7) is 0.819. The average Bonchev–Trinajstić information content (AvgIpc) is 2.75. The monoisotopic (exact) mass is 388 g/mol. The molecule has 1 aliphatic rings. The molecule has 0 radical (unpaired) electrons. The van der Waals surface area contributed by atoms with E-state index in [4.69, 9.17) is 11.5 Å². The van der Waals surface area contributed by atoms with Crippen molar-refractivity contribution in [1.29, 1.82) is 0 Å². The van der Waals surface area contributed by atoms with Crippen LogP contribution in [0.15, 0.2) is 32.1 Å². The lowest BCUT2D eigenvalue weighted by Gasteiger charge is -2.24. The summed E-state index contributed by atoms with van der Waals surface area (Å²) in [4.78, 5) is 17.7. The van der Waals surface area contributed by atoms with Crippen LogP contribution in [-0.2, 0) is 4.79 Å². The van der Waals surface area contributed by atoms with Crippen LogP contribution in [0, 0.1) is 0 Å². The van der Waals surface area contributed by atoms with E-state index >= 15 is 0 Å². The van der Waals surface area contributed by atoms with Gasteiger partial charge in [0, 0.05) is 21.2 Å². The van der Waals surface area contributed by atoms with Crippen LogP contribution < -0.4 is 16.4 Å². The van der Waals surface area contributed by atoms with Gasteiger partial charge in [0.2, 0.25) is 0 Å². The number of carbonyl (C=O) groups is 1. The second-order valence-electron chi connectivity index (χ2n) is 4.35. The minimum atomic E-state index is -0.289. The van der Waals surface area contributed by atoms with Gasteiger partial charge >= 0.3 is 0 Å². The lowest BCUT2D eigenvalue weighted by Crippen LogP contribution is -2.37. The Hall–Kier alpha value is -1.08. The van der Waals surface area contributed by atoms with Crippen molar-refractivity contribution >= 4 is 49.4 Å². The third kappa shape index (κ3) is 3.48. The zero-order valence-corrected chi connectivity index (χ0v) is 13.3. The number of hydrogen-bond donors (Lipinski definition) is 2. The second-order valence-corrected chi connectivity index (χ2v) is 6.19. The SMILES string of the molecule is NC(N)=NC(=O)C1CCCN1c1cc(Br)cc(Br)c1. The molecule has 0 bridgehead atoms. The molecule has 4 N–H and O–H groups in total. The first-order valence-corrected chi connectivity index (χ1v) is 7.42. The summed E-state index contributed by atoms with van der Waals surface area (Å²) in [5.41, 5.74) is 11.5. The van der Waals surface area contributed by atoms with Crippen LogP contribution in [0.3, 0.4) is 0 Å². The summed E-state index contributed by atoms with van der Waals surface area (Å²) < 4.78 is 1.91. The number of halogens is 2. The number of benzene rings is 1. The number of amides is 1. The minimum Gasteiger partial charge on any atom is -0.370 e. The fraction of sp³-hybridized carbons (Fsp3) is 0.333. The molecular formula is C12H14Br2N4O. The van der Waals surface area contributed by atoms with Gasteiger partial charge in [-0.1, -0.05) is 31.9 Å². The molecule has 5 nitrogen and oxygen atoms in total. The molecule has 0 spiro atoms. The Balaban J connectivity index is 2.28. The van der Waals surface area contributed by atoms with Crippen molar-refractivity contribution in [2.24, 2.45) is 16.5 Å². The molecule has 0 aromatic heterocycles. The third-order valence-corrected chi connectivity index (χ3v) is 3.87. The van der Waals surface area contributed by atoms with Gasteiger partial charge in [0.25, 0.3) is 5.91 Å². The van der Waals surface area contributed by atoms with Gasteiger partial charge in [-0.2, -0.15) is 4.99 Å². The maximum atomic E-state index is 12.0. The fourth-order valence-electron chi connectivity index (χ4n) is 2.24. The van der Waals surface area contributed by atoms with E-state index in [2.05, 4.69) is 36.9 Å². The molecule has 1 aromatic rings. The average molecular weight is 390 g/mol. The Kier molecular flexibility index (Phi) is 4.46. The van der Waals surface area contributed by atoms with Crippen LogP contribution in [0.4, 0.5) is 5.69 Å². The van der Waals surface area contributed by atoms with Crippen LogP contribution in [0.5, 0.6) is 0 Å². The first-order chi connectivity index (χ1) is 8.97. The number of nitrogens with zero attached hydrogens (tertiary/aromatic N) is 2. The molecule has 7 heteroatoms. The lowest BCUT2D eigenvalue weighted by atomic mass is 10.2. The van der Waals surface area contributed by atoms with Crippen molar-refractivity contribution in [2.75, 3.05) is 11.4 Å². The van der Waals surface area contributed by atoms with E-state index in [9.17, 15) is 4.79 Å². The molecule has 1 aromatic carbocycles. The molecular weight excluding hydrogens is 376 g/mol. The summed E-state index contributed by atoms with van der Waals surface area (Å²) in [6, 6.07) is 5.62. The minimum absolute atomic E-state index is 0.188. The van der Waals surface area contributed by atoms with E-state index in [1.54, 1.807) is 0 Å². The highest BCUT2D eigenvalue weighted by Gasteiger charge is 2.31. The van der Waals surface area contributed by atoms with E-state index in [0.29, 0.717) is 0 Å². The first-order valence-electron chi connectivity index (χ1n) is 5.83. The number of aliphatic imine (C=N–C) groups is 1. The van der Waals surface area contributed by atoms with Crippen LogP contribution in [0.1, 0.15) is 12.8 Å². The zero-order chi connectivity index (χ0) is 14.0. The highest BCUT2D eigenvalue weighted by Crippen LogP contribution is 2.31. The largest absolute Gasteiger partial charge is 0.370 e. The summed E-state index contributed by atoms with van der Waals surface area (Å²) in [7, 11) is 0. The van der Waals surface area contributed by atoms with E-state index in [1.807, 2.05) is 23.1 Å².